The van der Waals surface area contributed by atoms with E-state index < -0.39 is 0 Å². The van der Waals surface area contributed by atoms with Crippen molar-refractivity contribution in [2.24, 2.45) is 0 Å². The minimum Gasteiger partial charge on any atom is -0.456 e. The van der Waals surface area contributed by atoms with E-state index >= 15 is 0 Å². The number of rotatable bonds is 4. The number of para-hydroxylation sites is 1. The fourth-order valence-corrected chi connectivity index (χ4v) is 5.62. The Morgan fingerprint density at radius 3 is 2.58 bits per heavy atom. The lowest BCUT2D eigenvalue weighted by Crippen LogP contribution is -1.85. The molecule has 0 unspecified atom stereocenters. The van der Waals surface area contributed by atoms with Crippen LogP contribution in [0.4, 0.5) is 0 Å². The van der Waals surface area contributed by atoms with Crippen LogP contribution in [0.1, 0.15) is 5.56 Å². The van der Waals surface area contributed by atoms with E-state index in [0.717, 1.165) is 28.5 Å². The van der Waals surface area contributed by atoms with Crippen LogP contribution in [-0.2, 0) is 6.42 Å². The molecule has 2 heterocycles. The third kappa shape index (κ3) is 2.91. The third-order valence-electron chi connectivity index (χ3n) is 5.76. The van der Waals surface area contributed by atoms with Gasteiger partial charge in [0.1, 0.15) is 11.2 Å². The minimum absolute atomic E-state index is 0.851. The van der Waals surface area contributed by atoms with Gasteiger partial charge in [0.05, 0.1) is 0 Å². The normalized spacial score (nSPS) is 11.5. The standard InChI is InChI=1S/C29H19OS/c1-2-9-19-10-7-11-20(18-19)29-28(22-13-4-6-17-26(22)31-29)23-14-8-16-25-27(23)21-12-3-5-15-24(21)30-25/h2-8,10,12-18H,1,9H2. The lowest BCUT2D eigenvalue weighted by molar-refractivity contribution is 0.669. The van der Waals surface area contributed by atoms with E-state index in [4.69, 9.17) is 4.42 Å². The molecule has 0 saturated carbocycles. The van der Waals surface area contributed by atoms with Gasteiger partial charge in [-0.25, -0.2) is 0 Å². The van der Waals surface area contributed by atoms with Crippen LogP contribution in [0.25, 0.3) is 53.6 Å². The molecule has 0 saturated heterocycles. The van der Waals surface area contributed by atoms with E-state index in [2.05, 4.69) is 79.4 Å². The predicted octanol–water partition coefficient (Wildman–Crippen LogP) is 8.66. The maximum absolute atomic E-state index is 6.18. The van der Waals surface area contributed by atoms with E-state index in [9.17, 15) is 0 Å². The number of hydrogen-bond donors (Lipinski definition) is 0. The number of fused-ring (bicyclic) bond motifs is 4. The molecule has 0 N–H and O–H groups in total. The van der Waals surface area contributed by atoms with E-state index in [0.29, 0.717) is 0 Å². The highest BCUT2D eigenvalue weighted by Crippen LogP contribution is 2.48. The van der Waals surface area contributed by atoms with E-state index in [1.54, 1.807) is 0 Å². The highest BCUT2D eigenvalue weighted by atomic mass is 32.1. The van der Waals surface area contributed by atoms with Gasteiger partial charge in [0.25, 0.3) is 0 Å². The summed E-state index contributed by atoms with van der Waals surface area (Å²) < 4.78 is 7.46. The number of thiophene rings is 1. The second kappa shape index (κ2) is 7.26. The Bertz CT molecular complexity index is 1580. The van der Waals surface area contributed by atoms with Crippen molar-refractivity contribution in [1.29, 1.82) is 0 Å². The van der Waals surface area contributed by atoms with Crippen LogP contribution in [0.2, 0.25) is 0 Å². The Hall–Kier alpha value is -3.62. The van der Waals surface area contributed by atoms with Crippen molar-refractivity contribution < 1.29 is 4.42 Å². The summed E-state index contributed by atoms with van der Waals surface area (Å²) in [5.74, 6) is 0. The SMILES string of the molecule is C=CCc1cc[c]c(-c2sc3ccccc3c2-c2cccc3oc4ccccc4c23)c1. The summed E-state index contributed by atoms with van der Waals surface area (Å²) >= 11 is 1.83. The fourth-order valence-electron chi connectivity index (χ4n) is 4.42. The monoisotopic (exact) mass is 415 g/mol. The Labute approximate surface area is 184 Å². The molecule has 0 fully saturated rings. The van der Waals surface area contributed by atoms with Gasteiger partial charge in [-0.15, -0.1) is 17.9 Å². The second-order valence-corrected chi connectivity index (χ2v) is 8.73. The first kappa shape index (κ1) is 18.2. The van der Waals surface area contributed by atoms with Crippen molar-refractivity contribution >= 4 is 43.4 Å². The van der Waals surface area contributed by atoms with Gasteiger partial charge in [0.2, 0.25) is 0 Å². The molecule has 1 radical (unpaired) electrons. The van der Waals surface area contributed by atoms with Crippen LogP contribution in [-0.4, -0.2) is 0 Å². The zero-order valence-electron chi connectivity index (χ0n) is 16.9. The number of hydrogen-bond acceptors (Lipinski definition) is 2. The van der Waals surface area contributed by atoms with Crippen LogP contribution >= 0.6 is 11.3 Å². The largest absolute Gasteiger partial charge is 0.456 e. The zero-order chi connectivity index (χ0) is 20.8. The summed E-state index contributed by atoms with van der Waals surface area (Å²) in [5, 5.41) is 3.59. The maximum atomic E-state index is 6.18. The highest BCUT2D eigenvalue weighted by molar-refractivity contribution is 7.23. The van der Waals surface area contributed by atoms with Crippen molar-refractivity contribution in [3.63, 3.8) is 0 Å². The molecule has 0 aliphatic carbocycles. The molecule has 31 heavy (non-hydrogen) atoms. The van der Waals surface area contributed by atoms with E-state index in [1.807, 2.05) is 35.6 Å². The van der Waals surface area contributed by atoms with Crippen LogP contribution in [0.5, 0.6) is 0 Å². The fraction of sp³-hybridized carbons (Fsp3) is 0.0345. The molecule has 1 nitrogen and oxygen atoms in total. The molecule has 4 aromatic carbocycles. The summed E-state index contributed by atoms with van der Waals surface area (Å²) in [4.78, 5) is 1.24. The van der Waals surface area contributed by atoms with Gasteiger partial charge in [0, 0.05) is 36.9 Å². The molecule has 0 atom stereocenters. The number of benzene rings is 4. The molecule has 147 valence electrons. The Balaban J connectivity index is 1.72. The molecule has 0 spiro atoms. The molecule has 0 bridgehead atoms. The van der Waals surface area contributed by atoms with Gasteiger partial charge >= 0.3 is 0 Å². The Morgan fingerprint density at radius 2 is 1.68 bits per heavy atom. The molecular weight excluding hydrogens is 396 g/mol. The third-order valence-corrected chi connectivity index (χ3v) is 6.96. The van der Waals surface area contributed by atoms with Gasteiger partial charge < -0.3 is 4.42 Å². The Kier molecular flexibility index (Phi) is 4.26. The Morgan fingerprint density at radius 1 is 0.871 bits per heavy atom. The van der Waals surface area contributed by atoms with Crippen molar-refractivity contribution in [3.05, 3.63) is 109 Å². The average Bonchev–Trinajstić information content (AvgIpc) is 3.38. The molecule has 6 aromatic rings. The van der Waals surface area contributed by atoms with Crippen LogP contribution < -0.4 is 0 Å². The maximum Gasteiger partial charge on any atom is 0.136 e. The first-order valence-electron chi connectivity index (χ1n) is 10.4. The van der Waals surface area contributed by atoms with Crippen LogP contribution in [0.3, 0.4) is 0 Å². The first-order valence-corrected chi connectivity index (χ1v) is 11.2. The molecule has 0 amide bonds. The molecular formula is C29H19OS. The van der Waals surface area contributed by atoms with Gasteiger partial charge in [-0.1, -0.05) is 66.7 Å². The van der Waals surface area contributed by atoms with Gasteiger partial charge in [-0.3, -0.25) is 0 Å². The van der Waals surface area contributed by atoms with Crippen molar-refractivity contribution in [2.45, 2.75) is 6.42 Å². The molecule has 6 rings (SSSR count). The van der Waals surface area contributed by atoms with Crippen molar-refractivity contribution in [1.82, 2.24) is 0 Å². The topological polar surface area (TPSA) is 13.1 Å². The zero-order valence-corrected chi connectivity index (χ0v) is 17.7. The number of furan rings is 1. The van der Waals surface area contributed by atoms with Gasteiger partial charge in [-0.05, 0) is 47.9 Å². The summed E-state index contributed by atoms with van der Waals surface area (Å²) in [7, 11) is 0. The van der Waals surface area contributed by atoms with Crippen molar-refractivity contribution in [3.8, 4) is 21.6 Å². The predicted molar refractivity (Wildman–Crippen MR) is 133 cm³/mol. The van der Waals surface area contributed by atoms with E-state index in [1.165, 1.54) is 37.0 Å². The van der Waals surface area contributed by atoms with Crippen molar-refractivity contribution in [2.75, 3.05) is 0 Å². The number of allylic oxidation sites excluding steroid dienone is 1. The summed E-state index contributed by atoms with van der Waals surface area (Å²) in [5.41, 5.74) is 6.68. The quantitative estimate of drug-likeness (QED) is 0.263. The van der Waals surface area contributed by atoms with Gasteiger partial charge in [-0.2, -0.15) is 0 Å². The summed E-state index contributed by atoms with van der Waals surface area (Å²) in [6.45, 7) is 3.90. The summed E-state index contributed by atoms with van der Waals surface area (Å²) in [6, 6.07) is 33.2. The average molecular weight is 416 g/mol. The molecule has 2 aromatic heterocycles. The minimum atomic E-state index is 0.851. The highest BCUT2D eigenvalue weighted by Gasteiger charge is 2.20. The summed E-state index contributed by atoms with van der Waals surface area (Å²) in [6.07, 6.45) is 2.80. The van der Waals surface area contributed by atoms with E-state index in [-0.39, 0.29) is 0 Å². The molecule has 0 aliphatic heterocycles. The lowest BCUT2D eigenvalue weighted by atomic mass is 9.94. The van der Waals surface area contributed by atoms with Crippen LogP contribution in [0, 0.1) is 6.07 Å². The molecule has 2 heteroatoms. The smallest absolute Gasteiger partial charge is 0.136 e. The van der Waals surface area contributed by atoms with Gasteiger partial charge in [0.15, 0.2) is 0 Å². The second-order valence-electron chi connectivity index (χ2n) is 7.68. The lowest BCUT2D eigenvalue weighted by Gasteiger charge is -2.08. The molecule has 0 aliphatic rings. The first-order chi connectivity index (χ1) is 15.3. The van der Waals surface area contributed by atoms with Crippen LogP contribution in [0.15, 0.2) is 102 Å².